The molecule has 1 aliphatic heterocycles. The lowest BCUT2D eigenvalue weighted by Gasteiger charge is -2.30. The van der Waals surface area contributed by atoms with E-state index in [1.54, 1.807) is 0 Å². The number of piperazine rings is 1. The summed E-state index contributed by atoms with van der Waals surface area (Å²) in [6.45, 7) is 4.83. The Kier molecular flexibility index (Phi) is 4.27. The standard InChI is InChI=1S/C18H23N5O2/c1-11-8-14(11)17(24)20-13-5-3-4-12(9-13)18-21-16(22-25-18)15-10-19-6-7-23(15)2/h3-5,9,11,14-15,19H,6-8,10H2,1-2H3,(H,20,24). The maximum absolute atomic E-state index is 12.1. The van der Waals surface area contributed by atoms with Crippen LogP contribution < -0.4 is 10.6 Å². The number of carbonyl (C=O) groups is 1. The van der Waals surface area contributed by atoms with Gasteiger partial charge in [-0.25, -0.2) is 0 Å². The molecule has 1 aromatic carbocycles. The first-order valence-corrected chi connectivity index (χ1v) is 8.77. The summed E-state index contributed by atoms with van der Waals surface area (Å²) in [4.78, 5) is 18.9. The van der Waals surface area contributed by atoms with E-state index in [1.165, 1.54) is 0 Å². The lowest BCUT2D eigenvalue weighted by molar-refractivity contribution is -0.117. The number of hydrogen-bond donors (Lipinski definition) is 2. The first kappa shape index (κ1) is 16.2. The summed E-state index contributed by atoms with van der Waals surface area (Å²) in [5.41, 5.74) is 1.57. The van der Waals surface area contributed by atoms with E-state index in [9.17, 15) is 4.79 Å². The largest absolute Gasteiger partial charge is 0.334 e. The van der Waals surface area contributed by atoms with Crippen molar-refractivity contribution in [2.24, 2.45) is 11.8 Å². The van der Waals surface area contributed by atoms with Crippen molar-refractivity contribution < 1.29 is 9.32 Å². The first-order chi connectivity index (χ1) is 12.1. The molecule has 132 valence electrons. The number of nitrogens with one attached hydrogen (secondary N) is 2. The minimum Gasteiger partial charge on any atom is -0.334 e. The molecule has 4 rings (SSSR count). The molecule has 1 saturated heterocycles. The zero-order valence-electron chi connectivity index (χ0n) is 14.5. The average Bonchev–Trinajstić information content (AvgIpc) is 3.15. The van der Waals surface area contributed by atoms with Gasteiger partial charge in [0.25, 0.3) is 5.89 Å². The highest BCUT2D eigenvalue weighted by Gasteiger charge is 2.39. The quantitative estimate of drug-likeness (QED) is 0.884. The molecule has 3 unspecified atom stereocenters. The van der Waals surface area contributed by atoms with Crippen molar-refractivity contribution >= 4 is 11.6 Å². The van der Waals surface area contributed by atoms with Crippen LogP contribution in [0.4, 0.5) is 5.69 Å². The second-order valence-corrected chi connectivity index (χ2v) is 7.05. The van der Waals surface area contributed by atoms with Crippen LogP contribution in [0.2, 0.25) is 0 Å². The van der Waals surface area contributed by atoms with Crippen LogP contribution >= 0.6 is 0 Å². The van der Waals surface area contributed by atoms with E-state index < -0.39 is 0 Å². The molecule has 3 atom stereocenters. The van der Waals surface area contributed by atoms with Crippen molar-refractivity contribution in [1.82, 2.24) is 20.4 Å². The van der Waals surface area contributed by atoms with Gasteiger partial charge in [-0.3, -0.25) is 9.69 Å². The number of carbonyl (C=O) groups excluding carboxylic acids is 1. The summed E-state index contributed by atoms with van der Waals surface area (Å²) in [7, 11) is 2.07. The zero-order valence-corrected chi connectivity index (χ0v) is 14.5. The van der Waals surface area contributed by atoms with E-state index in [0.717, 1.165) is 37.3 Å². The molecule has 7 heteroatoms. The third kappa shape index (κ3) is 3.43. The Morgan fingerprint density at radius 3 is 3.04 bits per heavy atom. The van der Waals surface area contributed by atoms with Crippen LogP contribution in [0.5, 0.6) is 0 Å². The van der Waals surface area contributed by atoms with E-state index in [1.807, 2.05) is 24.3 Å². The molecular formula is C18H23N5O2. The summed E-state index contributed by atoms with van der Waals surface area (Å²) in [6.07, 6.45) is 0.974. The average molecular weight is 341 g/mol. The van der Waals surface area contributed by atoms with Gasteiger partial charge in [-0.1, -0.05) is 18.1 Å². The molecule has 1 aliphatic carbocycles. The van der Waals surface area contributed by atoms with Crippen molar-refractivity contribution in [2.45, 2.75) is 19.4 Å². The molecule has 0 radical (unpaired) electrons. The molecule has 2 aliphatic rings. The molecule has 2 heterocycles. The number of likely N-dealkylation sites (N-methyl/N-ethyl adjacent to an activating group) is 1. The van der Waals surface area contributed by atoms with Crippen molar-refractivity contribution in [3.8, 4) is 11.5 Å². The van der Waals surface area contributed by atoms with Crippen LogP contribution in [0.25, 0.3) is 11.5 Å². The predicted octanol–water partition coefficient (Wildman–Crippen LogP) is 1.91. The van der Waals surface area contributed by atoms with Gasteiger partial charge in [-0.2, -0.15) is 4.98 Å². The fraction of sp³-hybridized carbons (Fsp3) is 0.500. The van der Waals surface area contributed by atoms with Gasteiger partial charge in [0.05, 0.1) is 6.04 Å². The van der Waals surface area contributed by atoms with Crippen molar-refractivity contribution in [1.29, 1.82) is 0 Å². The van der Waals surface area contributed by atoms with Gasteiger partial charge in [-0.05, 0) is 37.6 Å². The Morgan fingerprint density at radius 1 is 1.44 bits per heavy atom. The minimum atomic E-state index is 0.0887. The topological polar surface area (TPSA) is 83.3 Å². The summed E-state index contributed by atoms with van der Waals surface area (Å²) < 4.78 is 5.46. The third-order valence-electron chi connectivity index (χ3n) is 5.07. The van der Waals surface area contributed by atoms with E-state index in [4.69, 9.17) is 4.52 Å². The number of aromatic nitrogens is 2. The van der Waals surface area contributed by atoms with E-state index in [0.29, 0.717) is 17.6 Å². The molecule has 2 aromatic rings. The number of nitrogens with zero attached hydrogens (tertiary/aromatic N) is 3. The first-order valence-electron chi connectivity index (χ1n) is 8.77. The van der Waals surface area contributed by atoms with E-state index in [2.05, 4.69) is 39.6 Å². The molecule has 0 spiro atoms. The lowest BCUT2D eigenvalue weighted by Crippen LogP contribution is -2.44. The number of benzene rings is 1. The summed E-state index contributed by atoms with van der Waals surface area (Å²) >= 11 is 0. The molecule has 1 amide bonds. The Labute approximate surface area is 146 Å². The highest BCUT2D eigenvalue weighted by atomic mass is 16.5. The molecule has 2 N–H and O–H groups in total. The predicted molar refractivity (Wildman–Crippen MR) is 93.9 cm³/mol. The summed E-state index contributed by atoms with van der Waals surface area (Å²) in [5, 5.41) is 10.5. The number of rotatable bonds is 4. The van der Waals surface area contributed by atoms with Gasteiger partial charge < -0.3 is 15.2 Å². The van der Waals surface area contributed by atoms with Gasteiger partial charge >= 0.3 is 0 Å². The van der Waals surface area contributed by atoms with Gasteiger partial charge in [0, 0.05) is 36.8 Å². The van der Waals surface area contributed by atoms with Crippen molar-refractivity contribution in [2.75, 3.05) is 32.0 Å². The molecule has 2 fully saturated rings. The van der Waals surface area contributed by atoms with Crippen LogP contribution in [0, 0.1) is 11.8 Å². The SMILES string of the molecule is CC1CC1C(=O)Nc1cccc(-c2nc(C3CNCCN3C)no2)c1. The molecule has 1 aromatic heterocycles. The normalized spacial score (nSPS) is 26.4. The molecular weight excluding hydrogens is 318 g/mol. The maximum Gasteiger partial charge on any atom is 0.258 e. The van der Waals surface area contributed by atoms with Gasteiger partial charge in [0.1, 0.15) is 0 Å². The zero-order chi connectivity index (χ0) is 17.4. The molecule has 0 bridgehead atoms. The van der Waals surface area contributed by atoms with E-state index >= 15 is 0 Å². The number of hydrogen-bond acceptors (Lipinski definition) is 6. The highest BCUT2D eigenvalue weighted by molar-refractivity contribution is 5.94. The van der Waals surface area contributed by atoms with Crippen molar-refractivity contribution in [3.05, 3.63) is 30.1 Å². The van der Waals surface area contributed by atoms with Gasteiger partial charge in [-0.15, -0.1) is 0 Å². The van der Waals surface area contributed by atoms with E-state index in [-0.39, 0.29) is 17.9 Å². The van der Waals surface area contributed by atoms with Crippen LogP contribution in [-0.4, -0.2) is 47.6 Å². The van der Waals surface area contributed by atoms with Crippen LogP contribution in [0.15, 0.2) is 28.8 Å². The molecule has 25 heavy (non-hydrogen) atoms. The maximum atomic E-state index is 12.1. The second kappa shape index (κ2) is 6.57. The Balaban J connectivity index is 1.50. The van der Waals surface area contributed by atoms with Gasteiger partial charge in [0.15, 0.2) is 5.82 Å². The molecule has 7 nitrogen and oxygen atoms in total. The third-order valence-corrected chi connectivity index (χ3v) is 5.07. The highest BCUT2D eigenvalue weighted by Crippen LogP contribution is 2.38. The minimum absolute atomic E-state index is 0.0887. The van der Waals surface area contributed by atoms with Crippen LogP contribution in [0.3, 0.4) is 0 Å². The Bertz CT molecular complexity index is 774. The van der Waals surface area contributed by atoms with Crippen molar-refractivity contribution in [3.63, 3.8) is 0 Å². The molecule has 1 saturated carbocycles. The number of anilines is 1. The Morgan fingerprint density at radius 2 is 2.28 bits per heavy atom. The number of amides is 1. The smallest absolute Gasteiger partial charge is 0.258 e. The summed E-state index contributed by atoms with van der Waals surface area (Å²) in [5.74, 6) is 1.89. The van der Waals surface area contributed by atoms with Gasteiger partial charge in [0.2, 0.25) is 5.91 Å². The second-order valence-electron chi connectivity index (χ2n) is 7.05. The van der Waals surface area contributed by atoms with Crippen LogP contribution in [-0.2, 0) is 4.79 Å². The van der Waals surface area contributed by atoms with Crippen LogP contribution in [0.1, 0.15) is 25.2 Å². The fourth-order valence-electron chi connectivity index (χ4n) is 3.23. The fourth-order valence-corrected chi connectivity index (χ4v) is 3.23. The lowest BCUT2D eigenvalue weighted by atomic mass is 10.2. The monoisotopic (exact) mass is 341 g/mol. The summed E-state index contributed by atoms with van der Waals surface area (Å²) in [6, 6.07) is 7.68. The Hall–Kier alpha value is -2.25.